The average molecular weight is 1480 g/mol. The van der Waals surface area contributed by atoms with Gasteiger partial charge in [-0.05, 0) is 52.0 Å². The number of pyridine rings is 2. The number of Topliss-reactive ketones (excluding diaryl/α,β-unsaturated/α-hetero) is 3. The van der Waals surface area contributed by atoms with E-state index in [1.807, 2.05) is 27.7 Å². The minimum atomic E-state index is -0.350. The van der Waals surface area contributed by atoms with Crippen LogP contribution in [-0.4, -0.2) is 258 Å². The van der Waals surface area contributed by atoms with Crippen LogP contribution in [0.15, 0.2) is 49.2 Å². The van der Waals surface area contributed by atoms with Gasteiger partial charge in [0.05, 0.1) is 133 Å². The van der Waals surface area contributed by atoms with Gasteiger partial charge in [-0.2, -0.15) is 9.97 Å². The maximum absolute atomic E-state index is 13.7. The van der Waals surface area contributed by atoms with Gasteiger partial charge in [0.1, 0.15) is 40.8 Å². The average Bonchev–Trinajstić information content (AvgIpc) is 1.62. The maximum atomic E-state index is 13.7. The molecule has 0 saturated carbocycles. The van der Waals surface area contributed by atoms with Crippen molar-refractivity contribution in [1.29, 1.82) is 0 Å². The van der Waals surface area contributed by atoms with Crippen molar-refractivity contribution in [2.75, 3.05) is 173 Å². The summed E-state index contributed by atoms with van der Waals surface area (Å²) >= 11 is 17.8. The number of aliphatic hydroxyl groups excluding tert-OH is 1. The zero-order chi connectivity index (χ0) is 74.1. The van der Waals surface area contributed by atoms with Crippen molar-refractivity contribution < 1.29 is 71.8 Å². The molecule has 12 rings (SSSR count). The number of amides is 2. The van der Waals surface area contributed by atoms with Gasteiger partial charge in [0.25, 0.3) is 5.91 Å². The number of nitrogens with one attached hydrogen (secondary N) is 3. The quantitative estimate of drug-likeness (QED) is 0.0104. The fourth-order valence-electron chi connectivity index (χ4n) is 11.3. The van der Waals surface area contributed by atoms with Gasteiger partial charge in [-0.1, -0.05) is 23.2 Å². The van der Waals surface area contributed by atoms with Gasteiger partial charge < -0.3 is 64.7 Å². The number of carbonyl (C=O) groups is 7. The van der Waals surface area contributed by atoms with Crippen molar-refractivity contribution in [3.8, 4) is 11.5 Å². The van der Waals surface area contributed by atoms with E-state index in [9.17, 15) is 33.6 Å². The second kappa shape index (κ2) is 39.6. The number of H-pyrrole nitrogens is 3. The van der Waals surface area contributed by atoms with Gasteiger partial charge in [0.15, 0.2) is 35.7 Å². The number of carbonyl (C=O) groups excluding carboxylic acids is 7. The first-order chi connectivity index (χ1) is 49.7. The number of halogens is 3. The smallest absolute Gasteiger partial charge is 0.260 e. The predicted molar refractivity (Wildman–Crippen MR) is 385 cm³/mol. The molecule has 7 aromatic heterocycles. The summed E-state index contributed by atoms with van der Waals surface area (Å²) in [6.07, 6.45) is 11.1. The van der Waals surface area contributed by atoms with Crippen molar-refractivity contribution in [2.45, 2.75) is 47.2 Å². The third-order valence-electron chi connectivity index (χ3n) is 16.9. The van der Waals surface area contributed by atoms with Crippen LogP contribution in [0.1, 0.15) is 103 Å². The van der Waals surface area contributed by atoms with Gasteiger partial charge in [0, 0.05) is 140 Å². The number of rotatable bonds is 25. The highest BCUT2D eigenvalue weighted by molar-refractivity contribution is 6.41. The summed E-state index contributed by atoms with van der Waals surface area (Å²) in [7, 11) is 3.21. The summed E-state index contributed by atoms with van der Waals surface area (Å²) in [6, 6.07) is 4.66. The first-order valence-corrected chi connectivity index (χ1v) is 34.2. The Bertz CT molecular complexity index is 4110. The molecule has 12 heterocycles. The van der Waals surface area contributed by atoms with E-state index in [4.69, 9.17) is 84.5 Å². The second-order valence-corrected chi connectivity index (χ2v) is 24.8. The number of anilines is 4. The molecule has 7 aromatic rings. The molecule has 3 fully saturated rings. The molecule has 0 radical (unpaired) electrons. The number of methoxy groups -OCH3 is 2. The van der Waals surface area contributed by atoms with Crippen LogP contribution in [0.3, 0.4) is 0 Å². The van der Waals surface area contributed by atoms with Crippen LogP contribution in [0.4, 0.5) is 23.5 Å². The van der Waals surface area contributed by atoms with Crippen LogP contribution in [0.2, 0.25) is 10.3 Å². The molecule has 0 aliphatic carbocycles. The Balaban J connectivity index is 0.000000182. The van der Waals surface area contributed by atoms with Crippen molar-refractivity contribution >= 4 is 112 Å². The standard InChI is InChI=1S/C28H32ClN7O5.C15H16ClN5O2.C13H18N2O4.C7H6ClNO2.C6H13NO2/c1-16-12-32-21(17(2)24(16)39-3)14-36-26-23(25(29)33-28(30)34-26)20(27(36)38)11-19-10-18(13-31-19)22(37)15-41-9-6-35-4-7-40-8-5-35;1-7-5-18-10(8(2)12(7)23-3)6-21-11(22)4-9-13(16)19-15(17)20-14(9)21;16-9-12-7-11(8-14-12)13(17)10-19-6-3-15-1-4-18-5-2-15;8-2-7(11)5-1-6(4-10)9-3-5;8-4-1-7-2-5-9-6-3-7/h10-13,31H,4-9,14-15H2,1-3H3,(H2,30,33,34);5H,4,6H2,1-3H3,(H2,17,19,20);7-9,14H,1-6,10H2;1,3-4,9H,2H2;8H,1-6H2/b20-11-;;;;. The molecule has 0 spiro atoms. The zero-order valence-corrected chi connectivity index (χ0v) is 60.5. The molecule has 103 heavy (non-hydrogen) atoms. The van der Waals surface area contributed by atoms with Gasteiger partial charge in [-0.3, -0.25) is 68.0 Å². The number of aliphatic hydroxyl groups is 1. The van der Waals surface area contributed by atoms with E-state index < -0.39 is 0 Å². The largest absolute Gasteiger partial charge is 0.496 e. The highest BCUT2D eigenvalue weighted by Gasteiger charge is 2.38. The number of nitrogen functional groups attached to an aromatic ring is 2. The number of morpholine rings is 3. The molecular weight excluding hydrogens is 1400 g/mol. The summed E-state index contributed by atoms with van der Waals surface area (Å²) in [6.45, 7) is 21.7. The molecule has 0 bridgehead atoms. The van der Waals surface area contributed by atoms with Crippen LogP contribution in [-0.2, 0) is 52.8 Å². The number of fused-ring (bicyclic) bond motifs is 2. The van der Waals surface area contributed by atoms with Crippen molar-refractivity contribution in [3.63, 3.8) is 0 Å². The van der Waals surface area contributed by atoms with Crippen molar-refractivity contribution in [3.05, 3.63) is 138 Å². The Kier molecular flexibility index (Phi) is 30.7. The van der Waals surface area contributed by atoms with Crippen LogP contribution in [0.5, 0.6) is 11.5 Å². The number of β-amino-alcohol motifs (C(OH)–C–C–N with tert-alkyl or cyclic N) is 1. The zero-order valence-electron chi connectivity index (χ0n) is 58.2. The lowest BCUT2D eigenvalue weighted by molar-refractivity contribution is -0.117. The third-order valence-corrected chi connectivity index (χ3v) is 17.7. The first kappa shape index (κ1) is 79.7. The van der Waals surface area contributed by atoms with Crippen molar-refractivity contribution in [2.24, 2.45) is 0 Å². The summed E-state index contributed by atoms with van der Waals surface area (Å²) in [5, 5.41) is 8.81. The minimum absolute atomic E-state index is 0.0413. The van der Waals surface area contributed by atoms with Gasteiger partial charge in [-0.15, -0.1) is 11.6 Å². The summed E-state index contributed by atoms with van der Waals surface area (Å²) in [5.41, 5.74) is 20.4. The number of nitrogens with zero attached hydrogens (tertiary/aromatic N) is 11. The van der Waals surface area contributed by atoms with E-state index in [1.54, 1.807) is 45.0 Å². The number of hydrogen-bond donors (Lipinski definition) is 6. The molecule has 5 aliphatic rings. The van der Waals surface area contributed by atoms with Crippen LogP contribution in [0.25, 0.3) is 11.6 Å². The molecule has 0 atom stereocenters. The maximum Gasteiger partial charge on any atom is 0.260 e. The summed E-state index contributed by atoms with van der Waals surface area (Å²) < 4.78 is 37.6. The summed E-state index contributed by atoms with van der Waals surface area (Å²) in [4.78, 5) is 125. The van der Waals surface area contributed by atoms with E-state index in [0.29, 0.717) is 101 Å². The van der Waals surface area contributed by atoms with E-state index in [2.05, 4.69) is 59.6 Å². The molecule has 552 valence electrons. The number of aromatic amines is 3. The van der Waals surface area contributed by atoms with Crippen LogP contribution < -0.4 is 30.7 Å². The molecule has 0 aromatic carbocycles. The Hall–Kier alpha value is -8.96. The fourth-order valence-corrected chi connectivity index (χ4v) is 12.0. The topological polar surface area (TPSA) is 397 Å². The highest BCUT2D eigenvalue weighted by atomic mass is 35.5. The Morgan fingerprint density at radius 1 is 0.602 bits per heavy atom. The van der Waals surface area contributed by atoms with E-state index in [0.717, 1.165) is 119 Å². The van der Waals surface area contributed by atoms with Crippen molar-refractivity contribution in [1.82, 2.24) is 59.6 Å². The molecular formula is C69H85Cl3N16O15. The molecule has 5 aliphatic heterocycles. The second-order valence-electron chi connectivity index (χ2n) is 23.8. The Labute approximate surface area is 609 Å². The normalized spacial score (nSPS) is 15.5. The lowest BCUT2D eigenvalue weighted by Gasteiger charge is -2.26. The Morgan fingerprint density at radius 3 is 1.48 bits per heavy atom. The molecule has 2 amide bonds. The highest BCUT2D eigenvalue weighted by Crippen LogP contribution is 2.42. The van der Waals surface area contributed by atoms with Gasteiger partial charge >= 0.3 is 0 Å². The lowest BCUT2D eigenvalue weighted by Crippen LogP contribution is -2.38. The molecule has 8 N–H and O–H groups in total. The molecule has 0 unspecified atom stereocenters. The SMILES string of the molecule is COc1c(C)cnc(CN2C(=O)/C(=C\c3cc(C(=O)COCCN4CCOCC4)c[nH]3)c3c(Cl)nc(N)nc32)c1C.COc1c(C)cnc(CN2C(=O)Cc3c(Cl)nc(N)nc32)c1C.O=Cc1cc(C(=O)CCl)c[nH]1.O=Cc1cc(C(=O)COCCN2CCOCC2)c[nH]1.OCCN1CCOCC1. The van der Waals surface area contributed by atoms with Gasteiger partial charge in [-0.25, -0.2) is 9.97 Å². The molecule has 31 nitrogen and oxygen atoms in total. The number of aromatic nitrogens is 9. The monoisotopic (exact) mass is 1480 g/mol. The number of ketones is 3. The third kappa shape index (κ3) is 22.0. The van der Waals surface area contributed by atoms with Gasteiger partial charge in [0.2, 0.25) is 17.8 Å². The summed E-state index contributed by atoms with van der Waals surface area (Å²) in [5.74, 6) is 1.20. The number of aldehydes is 2. The lowest BCUT2D eigenvalue weighted by atomic mass is 10.1. The van der Waals surface area contributed by atoms with Crippen LogP contribution >= 0.6 is 34.8 Å². The predicted octanol–water partition coefficient (Wildman–Crippen LogP) is 5.42. The molecule has 3 saturated heterocycles. The minimum Gasteiger partial charge on any atom is -0.496 e. The van der Waals surface area contributed by atoms with E-state index in [-0.39, 0.29) is 108 Å². The number of alkyl halides is 1. The first-order valence-electron chi connectivity index (χ1n) is 32.9. The van der Waals surface area contributed by atoms with E-state index >= 15 is 0 Å². The number of aryl methyl sites for hydroxylation is 2. The fraction of sp³-hybridized carbons (Fsp3) is 0.435. The van der Waals surface area contributed by atoms with Crippen LogP contribution in [0, 0.1) is 27.7 Å². The molecule has 34 heteroatoms. The number of ether oxygens (including phenoxy) is 7. The Morgan fingerprint density at radius 2 is 1.03 bits per heavy atom. The van der Waals surface area contributed by atoms with E-state index in [1.165, 1.54) is 34.3 Å². The number of hydrogen-bond acceptors (Lipinski definition) is 26. The number of nitrogens with two attached hydrogens (primary N) is 2.